The Morgan fingerprint density at radius 1 is 1.00 bits per heavy atom. The van der Waals surface area contributed by atoms with Gasteiger partial charge in [0, 0.05) is 11.7 Å². The van der Waals surface area contributed by atoms with Crippen molar-refractivity contribution in [3.05, 3.63) is 65.2 Å². The molecule has 2 aromatic carbocycles. The van der Waals surface area contributed by atoms with Crippen molar-refractivity contribution in [1.29, 1.82) is 0 Å². The number of rotatable bonds is 7. The van der Waals surface area contributed by atoms with Crippen molar-refractivity contribution in [2.24, 2.45) is 0 Å². The topological polar surface area (TPSA) is 58.2 Å². The second-order valence-electron chi connectivity index (χ2n) is 7.61. The van der Waals surface area contributed by atoms with Crippen LogP contribution in [0.15, 0.2) is 48.5 Å². The van der Waals surface area contributed by atoms with Gasteiger partial charge in [0.2, 0.25) is 5.91 Å². The van der Waals surface area contributed by atoms with Crippen molar-refractivity contribution in [3.63, 3.8) is 0 Å². The lowest BCUT2D eigenvalue weighted by molar-refractivity contribution is -0.137. The molecule has 1 saturated carbocycles. The Morgan fingerprint density at radius 3 is 2.29 bits per heavy atom. The fourth-order valence-corrected chi connectivity index (χ4v) is 4.04. The Kier molecular flexibility index (Phi) is 7.59. The highest BCUT2D eigenvalue weighted by molar-refractivity contribution is 6.31. The van der Waals surface area contributed by atoms with Crippen LogP contribution in [0.3, 0.4) is 0 Å². The lowest BCUT2D eigenvalue weighted by Gasteiger charge is -2.27. The molecule has 1 aliphatic carbocycles. The first-order valence-corrected chi connectivity index (χ1v) is 10.8. The molecule has 0 spiro atoms. The summed E-state index contributed by atoms with van der Waals surface area (Å²) in [6.07, 6.45) is 0.175. The zero-order chi connectivity index (χ0) is 22.4. The van der Waals surface area contributed by atoms with Crippen LogP contribution in [0.2, 0.25) is 0 Å². The number of hydrogen-bond donors (Lipinski definition) is 2. The predicted octanol–water partition coefficient (Wildman–Crippen LogP) is 5.73. The predicted molar refractivity (Wildman–Crippen MR) is 114 cm³/mol. The number of amides is 1. The van der Waals surface area contributed by atoms with Gasteiger partial charge in [0.05, 0.1) is 17.0 Å². The first kappa shape index (κ1) is 23.1. The molecule has 1 fully saturated rings. The van der Waals surface area contributed by atoms with E-state index in [0.29, 0.717) is 5.56 Å². The summed E-state index contributed by atoms with van der Waals surface area (Å²) < 4.78 is 40.7. The van der Waals surface area contributed by atoms with Crippen molar-refractivity contribution in [2.75, 3.05) is 11.2 Å². The molecule has 0 aliphatic heterocycles. The molecular weight excluding hydrogens is 429 g/mol. The summed E-state index contributed by atoms with van der Waals surface area (Å²) in [6, 6.07) is 11.2. The third kappa shape index (κ3) is 5.79. The summed E-state index contributed by atoms with van der Waals surface area (Å²) in [5.41, 5.74) is -1.13. The highest BCUT2D eigenvalue weighted by Crippen LogP contribution is 2.36. The van der Waals surface area contributed by atoms with Crippen LogP contribution < -0.4 is 10.6 Å². The van der Waals surface area contributed by atoms with Crippen molar-refractivity contribution >= 4 is 29.0 Å². The SMILES string of the molecule is O=C(CCl)c1c(NC(C(=O)NC2CCCCC2)c2ccccc2)cccc1C(F)(F)F. The Balaban J connectivity index is 1.98. The average Bonchev–Trinajstić information content (AvgIpc) is 2.77. The molecule has 8 heteroatoms. The molecule has 1 atom stereocenters. The van der Waals surface area contributed by atoms with E-state index in [-0.39, 0.29) is 17.6 Å². The summed E-state index contributed by atoms with van der Waals surface area (Å²) in [6.45, 7) is 0. The van der Waals surface area contributed by atoms with Crippen LogP contribution in [0, 0.1) is 0 Å². The average molecular weight is 453 g/mol. The molecule has 0 radical (unpaired) electrons. The number of alkyl halides is 4. The zero-order valence-electron chi connectivity index (χ0n) is 16.8. The molecule has 4 nitrogen and oxygen atoms in total. The third-order valence-electron chi connectivity index (χ3n) is 5.42. The fraction of sp³-hybridized carbons (Fsp3) is 0.391. The number of carbonyl (C=O) groups excluding carboxylic acids is 2. The van der Waals surface area contributed by atoms with Crippen LogP contribution in [0.5, 0.6) is 0 Å². The maximum Gasteiger partial charge on any atom is 0.417 e. The van der Waals surface area contributed by atoms with E-state index < -0.39 is 35.0 Å². The Bertz CT molecular complexity index is 913. The molecule has 0 aromatic heterocycles. The van der Waals surface area contributed by atoms with Gasteiger partial charge < -0.3 is 10.6 Å². The molecule has 1 unspecified atom stereocenters. The molecule has 0 saturated heterocycles. The first-order chi connectivity index (χ1) is 14.8. The number of carbonyl (C=O) groups is 2. The van der Waals surface area contributed by atoms with E-state index in [0.717, 1.165) is 38.2 Å². The Hall–Kier alpha value is -2.54. The van der Waals surface area contributed by atoms with E-state index in [1.165, 1.54) is 12.1 Å². The molecule has 0 bridgehead atoms. The quantitative estimate of drug-likeness (QED) is 0.416. The number of Topliss-reactive ketones (excluding diaryl/α,β-unsaturated/α-hetero) is 1. The van der Waals surface area contributed by atoms with Crippen LogP contribution >= 0.6 is 11.6 Å². The molecule has 2 N–H and O–H groups in total. The fourth-order valence-electron chi connectivity index (χ4n) is 3.91. The third-order valence-corrected chi connectivity index (χ3v) is 5.66. The van der Waals surface area contributed by atoms with E-state index in [1.54, 1.807) is 30.3 Å². The summed E-state index contributed by atoms with van der Waals surface area (Å²) in [5.74, 6) is -1.82. The first-order valence-electron chi connectivity index (χ1n) is 10.2. The molecule has 2 aromatic rings. The van der Waals surface area contributed by atoms with Gasteiger partial charge in [-0.25, -0.2) is 0 Å². The highest BCUT2D eigenvalue weighted by atomic mass is 35.5. The Morgan fingerprint density at radius 2 is 1.68 bits per heavy atom. The van der Waals surface area contributed by atoms with Gasteiger partial charge in [-0.3, -0.25) is 9.59 Å². The summed E-state index contributed by atoms with van der Waals surface area (Å²) in [4.78, 5) is 25.5. The van der Waals surface area contributed by atoms with Gasteiger partial charge in [-0.1, -0.05) is 55.7 Å². The van der Waals surface area contributed by atoms with Gasteiger partial charge in [-0.2, -0.15) is 13.2 Å². The summed E-state index contributed by atoms with van der Waals surface area (Å²) >= 11 is 5.60. The van der Waals surface area contributed by atoms with Crippen LogP contribution in [-0.4, -0.2) is 23.6 Å². The van der Waals surface area contributed by atoms with Crippen molar-refractivity contribution in [2.45, 2.75) is 50.4 Å². The Labute approximate surface area is 184 Å². The normalized spacial score (nSPS) is 15.9. The van der Waals surface area contributed by atoms with Crippen molar-refractivity contribution in [1.82, 2.24) is 5.32 Å². The van der Waals surface area contributed by atoms with Gasteiger partial charge in [0.15, 0.2) is 5.78 Å². The lowest BCUT2D eigenvalue weighted by Crippen LogP contribution is -2.41. The molecule has 1 amide bonds. The van der Waals surface area contributed by atoms with Gasteiger partial charge >= 0.3 is 6.18 Å². The van der Waals surface area contributed by atoms with Crippen molar-refractivity contribution in [3.8, 4) is 0 Å². The molecule has 3 rings (SSSR count). The number of halogens is 4. The molecule has 31 heavy (non-hydrogen) atoms. The zero-order valence-corrected chi connectivity index (χ0v) is 17.6. The van der Waals surface area contributed by atoms with Crippen molar-refractivity contribution < 1.29 is 22.8 Å². The number of ketones is 1. The summed E-state index contributed by atoms with van der Waals surface area (Å²) in [7, 11) is 0. The molecule has 1 aliphatic rings. The monoisotopic (exact) mass is 452 g/mol. The second kappa shape index (κ2) is 10.2. The van der Waals surface area contributed by atoms with E-state index >= 15 is 0 Å². The number of nitrogens with one attached hydrogen (secondary N) is 2. The van der Waals surface area contributed by atoms with E-state index in [1.807, 2.05) is 0 Å². The largest absolute Gasteiger partial charge is 0.417 e. The minimum Gasteiger partial charge on any atom is -0.369 e. The smallest absolute Gasteiger partial charge is 0.369 e. The standard InChI is InChI=1S/C23H24ClF3N2O2/c24-14-19(30)20-17(23(25,26)27)12-7-13-18(20)29-21(15-8-3-1-4-9-15)22(31)28-16-10-5-2-6-11-16/h1,3-4,7-9,12-13,16,21,29H,2,5-6,10-11,14H2,(H,28,31). The number of hydrogen-bond acceptors (Lipinski definition) is 3. The molecule has 0 heterocycles. The highest BCUT2D eigenvalue weighted by Gasteiger charge is 2.37. The van der Waals surface area contributed by atoms with Crippen LogP contribution in [0.25, 0.3) is 0 Å². The van der Waals surface area contributed by atoms with Gasteiger partial charge in [0.1, 0.15) is 6.04 Å². The van der Waals surface area contributed by atoms with E-state index in [9.17, 15) is 22.8 Å². The van der Waals surface area contributed by atoms with Crippen LogP contribution in [0.4, 0.5) is 18.9 Å². The maximum atomic E-state index is 13.6. The van der Waals surface area contributed by atoms with Crippen LogP contribution in [0.1, 0.15) is 59.6 Å². The van der Waals surface area contributed by atoms with Gasteiger partial charge in [0.25, 0.3) is 0 Å². The van der Waals surface area contributed by atoms with E-state index in [4.69, 9.17) is 11.6 Å². The lowest BCUT2D eigenvalue weighted by atomic mass is 9.94. The number of anilines is 1. The second-order valence-corrected chi connectivity index (χ2v) is 7.88. The summed E-state index contributed by atoms with van der Waals surface area (Å²) in [5, 5.41) is 5.90. The molecular formula is C23H24ClF3N2O2. The van der Waals surface area contributed by atoms with Gasteiger partial charge in [-0.15, -0.1) is 11.6 Å². The van der Waals surface area contributed by atoms with Gasteiger partial charge in [-0.05, 0) is 30.5 Å². The maximum absolute atomic E-state index is 13.6. The van der Waals surface area contributed by atoms with E-state index in [2.05, 4.69) is 10.6 Å². The number of benzene rings is 2. The molecule has 166 valence electrons. The minimum absolute atomic E-state index is 0.0275. The van der Waals surface area contributed by atoms with Crippen LogP contribution in [-0.2, 0) is 11.0 Å². The minimum atomic E-state index is -4.73.